The molecule has 3 heteroatoms. The van der Waals surface area contributed by atoms with E-state index in [2.05, 4.69) is 125 Å². The first kappa shape index (κ1) is 19.2. The Bertz CT molecular complexity index is 1160. The van der Waals surface area contributed by atoms with Crippen LogP contribution in [-0.2, 0) is 0 Å². The predicted octanol–water partition coefficient (Wildman–Crippen LogP) is 3.52. The highest BCUT2D eigenvalue weighted by atomic mass is 28.3. The molecule has 4 aromatic carbocycles. The van der Waals surface area contributed by atoms with Crippen LogP contribution in [0.15, 0.2) is 134 Å². The summed E-state index contributed by atoms with van der Waals surface area (Å²) in [6.07, 6.45) is 3.41. The van der Waals surface area contributed by atoms with E-state index in [0.29, 0.717) is 0 Å². The van der Waals surface area contributed by atoms with E-state index in [4.69, 9.17) is 0 Å². The Morgan fingerprint density at radius 3 is 1.48 bits per heavy atom. The minimum atomic E-state index is -2.51. The van der Waals surface area contributed by atoms with Gasteiger partial charge in [0.05, 0.1) is 5.69 Å². The summed E-state index contributed by atoms with van der Waals surface area (Å²) < 4.78 is 0. The highest BCUT2D eigenvalue weighted by Gasteiger charge is 2.41. The van der Waals surface area contributed by atoms with Crippen molar-refractivity contribution < 1.29 is 0 Å². The van der Waals surface area contributed by atoms with Crippen LogP contribution in [0.1, 0.15) is 0 Å². The highest BCUT2D eigenvalue weighted by molar-refractivity contribution is 7.19. The average molecular weight is 415 g/mol. The molecule has 0 N–H and O–H groups in total. The summed E-state index contributed by atoms with van der Waals surface area (Å²) in [4.78, 5) is 8.58. The van der Waals surface area contributed by atoms with E-state index in [1.807, 2.05) is 6.07 Å². The minimum absolute atomic E-state index is 0.939. The number of nitrogens with zero attached hydrogens (tertiary/aromatic N) is 2. The Labute approximate surface area is 183 Å². The van der Waals surface area contributed by atoms with Gasteiger partial charge in [-0.05, 0) is 26.8 Å². The van der Waals surface area contributed by atoms with E-state index >= 15 is 0 Å². The fourth-order valence-corrected chi connectivity index (χ4v) is 9.23. The van der Waals surface area contributed by atoms with Gasteiger partial charge in [-0.1, -0.05) is 115 Å². The molecule has 0 saturated heterocycles. The lowest BCUT2D eigenvalue weighted by Gasteiger charge is -2.34. The van der Waals surface area contributed by atoms with Crippen molar-refractivity contribution in [2.45, 2.75) is 0 Å². The van der Waals surface area contributed by atoms with Crippen LogP contribution >= 0.6 is 0 Å². The Balaban J connectivity index is 1.85. The van der Waals surface area contributed by atoms with Crippen LogP contribution in [0.4, 0.5) is 0 Å². The zero-order valence-electron chi connectivity index (χ0n) is 17.1. The molecular formula is C28H22N2Si. The highest BCUT2D eigenvalue weighted by Crippen LogP contribution is 2.17. The second kappa shape index (κ2) is 8.50. The zero-order chi connectivity index (χ0) is 20.9. The summed E-state index contributed by atoms with van der Waals surface area (Å²) >= 11 is 0. The van der Waals surface area contributed by atoms with Crippen LogP contribution in [0.2, 0.25) is 0 Å². The van der Waals surface area contributed by atoms with Crippen LogP contribution in [-0.4, -0.2) is 18.0 Å². The monoisotopic (exact) mass is 414 g/mol. The molecule has 0 saturated carbocycles. The number of hydrogen-bond donors (Lipinski definition) is 0. The molecule has 1 heterocycles. The third kappa shape index (κ3) is 3.49. The SMILES string of the molecule is c1ccc([Si](c2ccccc2)(c2ccccc2)c2cccc(-c3ccncn3)c2)cc1. The molecule has 0 aliphatic heterocycles. The predicted molar refractivity (Wildman–Crippen MR) is 131 cm³/mol. The fourth-order valence-electron chi connectivity index (χ4n) is 4.44. The van der Waals surface area contributed by atoms with Gasteiger partial charge in [-0.25, -0.2) is 9.97 Å². The topological polar surface area (TPSA) is 25.8 Å². The number of aromatic nitrogens is 2. The third-order valence-electron chi connectivity index (χ3n) is 5.79. The van der Waals surface area contributed by atoms with Gasteiger partial charge in [-0.3, -0.25) is 0 Å². The molecule has 0 bridgehead atoms. The maximum absolute atomic E-state index is 4.49. The Hall–Kier alpha value is -3.82. The normalized spacial score (nSPS) is 11.2. The molecule has 5 aromatic rings. The van der Waals surface area contributed by atoms with Gasteiger partial charge in [-0.2, -0.15) is 0 Å². The molecule has 0 amide bonds. The molecule has 0 unspecified atom stereocenters. The minimum Gasteiger partial charge on any atom is -0.245 e. The van der Waals surface area contributed by atoms with Gasteiger partial charge in [0.25, 0.3) is 0 Å². The first-order chi connectivity index (χ1) is 15.4. The molecule has 0 radical (unpaired) electrons. The first-order valence-electron chi connectivity index (χ1n) is 10.4. The van der Waals surface area contributed by atoms with E-state index < -0.39 is 8.07 Å². The van der Waals surface area contributed by atoms with Crippen LogP contribution in [0.3, 0.4) is 0 Å². The van der Waals surface area contributed by atoms with E-state index in [9.17, 15) is 0 Å². The van der Waals surface area contributed by atoms with Gasteiger partial charge in [0.15, 0.2) is 8.07 Å². The van der Waals surface area contributed by atoms with Crippen LogP contribution in [0.5, 0.6) is 0 Å². The van der Waals surface area contributed by atoms with Crippen molar-refractivity contribution in [2.24, 2.45) is 0 Å². The Morgan fingerprint density at radius 2 is 1.00 bits per heavy atom. The van der Waals surface area contributed by atoms with E-state index in [0.717, 1.165) is 11.3 Å². The maximum atomic E-state index is 4.49. The van der Waals surface area contributed by atoms with Crippen molar-refractivity contribution in [1.29, 1.82) is 0 Å². The molecule has 2 nitrogen and oxygen atoms in total. The summed E-state index contributed by atoms with van der Waals surface area (Å²) in [6, 6.07) is 43.7. The molecule has 1 aromatic heterocycles. The van der Waals surface area contributed by atoms with Crippen LogP contribution in [0, 0.1) is 0 Å². The first-order valence-corrected chi connectivity index (χ1v) is 12.4. The van der Waals surface area contributed by atoms with Gasteiger partial charge in [0.2, 0.25) is 0 Å². The standard InChI is InChI=1S/C28H22N2Si/c1-4-12-24(13-5-1)31(25-14-6-2-7-15-25,26-16-8-3-9-17-26)27-18-10-11-23(21-27)28-19-20-29-22-30-28/h1-22H. The summed E-state index contributed by atoms with van der Waals surface area (Å²) in [5, 5.41) is 5.44. The second-order valence-electron chi connectivity index (χ2n) is 7.52. The smallest absolute Gasteiger partial charge is 0.179 e. The van der Waals surface area contributed by atoms with E-state index in [1.165, 1.54) is 20.7 Å². The maximum Gasteiger partial charge on any atom is 0.179 e. The largest absolute Gasteiger partial charge is 0.245 e. The Kier molecular flexibility index (Phi) is 5.25. The van der Waals surface area contributed by atoms with Crippen molar-refractivity contribution >= 4 is 28.8 Å². The van der Waals surface area contributed by atoms with Gasteiger partial charge in [0.1, 0.15) is 6.33 Å². The molecule has 0 spiro atoms. The molecule has 0 aliphatic rings. The number of hydrogen-bond acceptors (Lipinski definition) is 2. The molecule has 0 fully saturated rings. The molecule has 0 aliphatic carbocycles. The zero-order valence-corrected chi connectivity index (χ0v) is 18.1. The van der Waals surface area contributed by atoms with E-state index in [1.54, 1.807) is 12.5 Å². The molecule has 5 rings (SSSR count). The van der Waals surface area contributed by atoms with Gasteiger partial charge in [-0.15, -0.1) is 0 Å². The molecule has 0 atom stereocenters. The van der Waals surface area contributed by atoms with Crippen LogP contribution < -0.4 is 20.7 Å². The summed E-state index contributed by atoms with van der Waals surface area (Å²) in [7, 11) is -2.51. The second-order valence-corrected chi connectivity index (χ2v) is 11.3. The number of rotatable bonds is 5. The average Bonchev–Trinajstić information content (AvgIpc) is 2.87. The fraction of sp³-hybridized carbons (Fsp3) is 0. The molecule has 148 valence electrons. The van der Waals surface area contributed by atoms with Gasteiger partial charge < -0.3 is 0 Å². The molecular weight excluding hydrogens is 392 g/mol. The van der Waals surface area contributed by atoms with Crippen molar-refractivity contribution in [2.75, 3.05) is 0 Å². The van der Waals surface area contributed by atoms with Crippen molar-refractivity contribution in [3.8, 4) is 11.3 Å². The Morgan fingerprint density at radius 1 is 0.484 bits per heavy atom. The van der Waals surface area contributed by atoms with E-state index in [-0.39, 0.29) is 0 Å². The van der Waals surface area contributed by atoms with Crippen molar-refractivity contribution in [3.05, 3.63) is 134 Å². The summed E-state index contributed by atoms with van der Waals surface area (Å²) in [6.45, 7) is 0. The quantitative estimate of drug-likeness (QED) is 0.325. The summed E-state index contributed by atoms with van der Waals surface area (Å²) in [5.74, 6) is 0. The van der Waals surface area contributed by atoms with Gasteiger partial charge in [0, 0.05) is 11.8 Å². The number of benzene rings is 4. The molecule has 31 heavy (non-hydrogen) atoms. The van der Waals surface area contributed by atoms with Crippen molar-refractivity contribution in [1.82, 2.24) is 9.97 Å². The third-order valence-corrected chi connectivity index (χ3v) is 10.6. The lowest BCUT2D eigenvalue weighted by molar-refractivity contribution is 1.17. The van der Waals surface area contributed by atoms with Crippen LogP contribution in [0.25, 0.3) is 11.3 Å². The lowest BCUT2D eigenvalue weighted by Crippen LogP contribution is -2.74. The van der Waals surface area contributed by atoms with Gasteiger partial charge >= 0.3 is 0 Å². The summed E-state index contributed by atoms with van der Waals surface area (Å²) in [5.41, 5.74) is 2.05. The van der Waals surface area contributed by atoms with Crippen molar-refractivity contribution in [3.63, 3.8) is 0 Å². The lowest BCUT2D eigenvalue weighted by atomic mass is 10.1.